The monoisotopic (exact) mass is 442 g/mol. The largest absolute Gasteiger partial charge is 0.416 e. The highest BCUT2D eigenvalue weighted by Gasteiger charge is 2.32. The summed E-state index contributed by atoms with van der Waals surface area (Å²) in [5.74, 6) is -1.30. The number of rotatable bonds is 6. The van der Waals surface area contributed by atoms with E-state index in [9.17, 15) is 30.4 Å². The van der Waals surface area contributed by atoms with Crippen LogP contribution in [0.15, 0.2) is 65.7 Å². The Kier molecular flexibility index (Phi) is 6.18. The molecular weight excluding hydrogens is 427 g/mol. The van der Waals surface area contributed by atoms with Crippen LogP contribution in [0.25, 0.3) is 11.1 Å². The molecule has 0 radical (unpaired) electrons. The molecule has 10 heteroatoms. The van der Waals surface area contributed by atoms with Crippen molar-refractivity contribution < 1.29 is 30.4 Å². The van der Waals surface area contributed by atoms with Crippen LogP contribution in [0.1, 0.15) is 11.1 Å². The van der Waals surface area contributed by atoms with Gasteiger partial charge in [-0.05, 0) is 60.0 Å². The average molecular weight is 442 g/mol. The number of hydrogen-bond acceptors (Lipinski definition) is 3. The molecule has 0 bridgehead atoms. The molecule has 0 amide bonds. The molecule has 0 unspecified atom stereocenters. The minimum Gasteiger partial charge on any atom is -0.228 e. The fourth-order valence-corrected chi connectivity index (χ4v) is 3.84. The molecule has 3 aromatic rings. The van der Waals surface area contributed by atoms with Crippen molar-refractivity contribution in [2.45, 2.75) is 17.5 Å². The molecule has 1 heterocycles. The standard InChI is InChI=1S/C20H15F5N2O2S/c21-17-3-1-2-13(8-17)6-7-27-30(28,29)18-10-15(9-16(11-18)20(23,24)25)14-4-5-19(22)26-12-14/h1-5,8-12,27H,6-7H2. The third-order valence-electron chi connectivity index (χ3n) is 4.20. The molecule has 0 aliphatic rings. The second-order valence-corrected chi connectivity index (χ2v) is 8.16. The number of aromatic nitrogens is 1. The number of pyridine rings is 1. The van der Waals surface area contributed by atoms with E-state index in [1.807, 2.05) is 0 Å². The Morgan fingerprint density at radius 2 is 1.70 bits per heavy atom. The first-order valence-electron chi connectivity index (χ1n) is 8.63. The molecule has 3 rings (SSSR count). The number of hydrogen-bond donors (Lipinski definition) is 1. The summed E-state index contributed by atoms with van der Waals surface area (Å²) in [6.07, 6.45) is -3.64. The van der Waals surface area contributed by atoms with Gasteiger partial charge in [0.15, 0.2) is 0 Å². The van der Waals surface area contributed by atoms with Crippen LogP contribution in [-0.2, 0) is 22.6 Å². The fourth-order valence-electron chi connectivity index (χ4n) is 2.74. The molecule has 0 fully saturated rings. The first-order valence-corrected chi connectivity index (χ1v) is 10.1. The zero-order chi connectivity index (χ0) is 21.9. The second-order valence-electron chi connectivity index (χ2n) is 6.39. The van der Waals surface area contributed by atoms with E-state index in [4.69, 9.17) is 0 Å². The van der Waals surface area contributed by atoms with Crippen molar-refractivity contribution in [1.29, 1.82) is 0 Å². The van der Waals surface area contributed by atoms with Crippen molar-refractivity contribution >= 4 is 10.0 Å². The van der Waals surface area contributed by atoms with E-state index in [0.717, 1.165) is 24.4 Å². The Morgan fingerprint density at radius 1 is 0.933 bits per heavy atom. The molecule has 1 aromatic heterocycles. The van der Waals surface area contributed by atoms with Gasteiger partial charge in [0.1, 0.15) is 5.82 Å². The lowest BCUT2D eigenvalue weighted by atomic mass is 10.0. The van der Waals surface area contributed by atoms with E-state index < -0.39 is 38.4 Å². The lowest BCUT2D eigenvalue weighted by Crippen LogP contribution is -2.26. The van der Waals surface area contributed by atoms with Gasteiger partial charge in [-0.3, -0.25) is 0 Å². The summed E-state index contributed by atoms with van der Waals surface area (Å²) in [5.41, 5.74) is -0.601. The first kappa shape index (κ1) is 21.8. The van der Waals surface area contributed by atoms with Gasteiger partial charge in [-0.15, -0.1) is 0 Å². The van der Waals surface area contributed by atoms with Crippen molar-refractivity contribution in [3.8, 4) is 11.1 Å². The van der Waals surface area contributed by atoms with Gasteiger partial charge in [0.05, 0.1) is 10.5 Å². The van der Waals surface area contributed by atoms with Crippen LogP contribution in [0.3, 0.4) is 0 Å². The van der Waals surface area contributed by atoms with E-state index in [-0.39, 0.29) is 24.1 Å². The normalized spacial score (nSPS) is 12.2. The molecule has 0 spiro atoms. The van der Waals surface area contributed by atoms with Crippen molar-refractivity contribution in [2.75, 3.05) is 6.54 Å². The van der Waals surface area contributed by atoms with Crippen molar-refractivity contribution in [3.05, 3.63) is 83.7 Å². The summed E-state index contributed by atoms with van der Waals surface area (Å²) in [6.45, 7) is -0.143. The molecule has 0 atom stereocenters. The SMILES string of the molecule is O=S(=O)(NCCc1cccc(F)c1)c1cc(-c2ccc(F)nc2)cc(C(F)(F)F)c1. The highest BCUT2D eigenvalue weighted by Crippen LogP contribution is 2.34. The molecule has 30 heavy (non-hydrogen) atoms. The number of halogens is 5. The van der Waals surface area contributed by atoms with Crippen LogP contribution in [0.5, 0.6) is 0 Å². The number of alkyl halides is 3. The highest BCUT2D eigenvalue weighted by atomic mass is 32.2. The third-order valence-corrected chi connectivity index (χ3v) is 5.64. The topological polar surface area (TPSA) is 59.1 Å². The summed E-state index contributed by atoms with van der Waals surface area (Å²) in [5, 5.41) is 0. The van der Waals surface area contributed by atoms with Crippen LogP contribution in [-0.4, -0.2) is 19.9 Å². The molecular formula is C20H15F5N2O2S. The summed E-state index contributed by atoms with van der Waals surface area (Å²) in [4.78, 5) is 2.78. The summed E-state index contributed by atoms with van der Waals surface area (Å²) < 4.78 is 93.5. The maximum Gasteiger partial charge on any atom is 0.416 e. The minimum atomic E-state index is -4.80. The first-order chi connectivity index (χ1) is 14.0. The Labute approximate surface area is 169 Å². The van der Waals surface area contributed by atoms with Gasteiger partial charge in [-0.1, -0.05) is 12.1 Å². The van der Waals surface area contributed by atoms with Crippen LogP contribution < -0.4 is 4.72 Å². The van der Waals surface area contributed by atoms with Crippen LogP contribution >= 0.6 is 0 Å². The molecule has 0 saturated heterocycles. The zero-order valence-corrected chi connectivity index (χ0v) is 16.1. The lowest BCUT2D eigenvalue weighted by molar-refractivity contribution is -0.137. The van der Waals surface area contributed by atoms with E-state index >= 15 is 0 Å². The maximum absolute atomic E-state index is 13.3. The van der Waals surface area contributed by atoms with Gasteiger partial charge in [0.25, 0.3) is 0 Å². The minimum absolute atomic E-state index is 0.0807. The van der Waals surface area contributed by atoms with Crippen molar-refractivity contribution in [3.63, 3.8) is 0 Å². The average Bonchev–Trinajstić information content (AvgIpc) is 2.67. The number of sulfonamides is 1. The van der Waals surface area contributed by atoms with E-state index in [0.29, 0.717) is 11.6 Å². The van der Waals surface area contributed by atoms with Crippen molar-refractivity contribution in [2.24, 2.45) is 0 Å². The molecule has 2 aromatic carbocycles. The molecule has 158 valence electrons. The number of nitrogens with one attached hydrogen (secondary N) is 1. The molecule has 0 aliphatic carbocycles. The molecule has 1 N–H and O–H groups in total. The van der Waals surface area contributed by atoms with Crippen LogP contribution in [0.2, 0.25) is 0 Å². The molecule has 0 aliphatic heterocycles. The molecule has 0 saturated carbocycles. The summed E-state index contributed by atoms with van der Waals surface area (Å²) >= 11 is 0. The predicted molar refractivity (Wildman–Crippen MR) is 99.9 cm³/mol. The van der Waals surface area contributed by atoms with Gasteiger partial charge < -0.3 is 0 Å². The zero-order valence-electron chi connectivity index (χ0n) is 15.2. The van der Waals surface area contributed by atoms with E-state index in [1.54, 1.807) is 6.07 Å². The van der Waals surface area contributed by atoms with Crippen LogP contribution in [0, 0.1) is 11.8 Å². The number of nitrogens with zero attached hydrogens (tertiary/aromatic N) is 1. The Bertz CT molecular complexity index is 1150. The fraction of sp³-hybridized carbons (Fsp3) is 0.150. The Hall–Kier alpha value is -2.85. The van der Waals surface area contributed by atoms with Gasteiger partial charge in [-0.25, -0.2) is 22.5 Å². The van der Waals surface area contributed by atoms with Gasteiger partial charge in [-0.2, -0.15) is 17.6 Å². The van der Waals surface area contributed by atoms with Crippen LogP contribution in [0.4, 0.5) is 22.0 Å². The van der Waals surface area contributed by atoms with E-state index in [1.165, 1.54) is 24.3 Å². The Balaban J connectivity index is 1.90. The van der Waals surface area contributed by atoms with E-state index in [2.05, 4.69) is 9.71 Å². The third kappa shape index (κ3) is 5.39. The summed E-state index contributed by atoms with van der Waals surface area (Å²) in [7, 11) is -4.30. The highest BCUT2D eigenvalue weighted by molar-refractivity contribution is 7.89. The van der Waals surface area contributed by atoms with Gasteiger partial charge in [0, 0.05) is 18.3 Å². The summed E-state index contributed by atoms with van der Waals surface area (Å²) in [6, 6.07) is 10.0. The molecule has 4 nitrogen and oxygen atoms in total. The predicted octanol–water partition coefficient (Wildman–Crippen LogP) is 4.57. The maximum atomic E-state index is 13.3. The Morgan fingerprint density at radius 3 is 2.33 bits per heavy atom. The lowest BCUT2D eigenvalue weighted by Gasteiger charge is -2.13. The second kappa shape index (κ2) is 8.49. The van der Waals surface area contributed by atoms with Crippen molar-refractivity contribution in [1.82, 2.24) is 9.71 Å². The quantitative estimate of drug-likeness (QED) is 0.450. The van der Waals surface area contributed by atoms with Gasteiger partial charge >= 0.3 is 6.18 Å². The van der Waals surface area contributed by atoms with Gasteiger partial charge in [0.2, 0.25) is 16.0 Å². The number of benzene rings is 2. The smallest absolute Gasteiger partial charge is 0.228 e.